The van der Waals surface area contributed by atoms with Crippen molar-refractivity contribution in [3.05, 3.63) is 29.8 Å². The Hall–Kier alpha value is -0.0642. The first kappa shape index (κ1) is 20.3. The summed E-state index contributed by atoms with van der Waals surface area (Å²) in [5, 5.41) is 0. The van der Waals surface area contributed by atoms with Gasteiger partial charge in [-0.1, -0.05) is 12.1 Å². The summed E-state index contributed by atoms with van der Waals surface area (Å²) in [6, 6.07) is 6.10. The fraction of sp³-hybridized carbons (Fsp3) is 0.143. The first-order valence-corrected chi connectivity index (χ1v) is 8.87. The van der Waals surface area contributed by atoms with Gasteiger partial charge in [-0.2, -0.15) is 8.42 Å². The summed E-state index contributed by atoms with van der Waals surface area (Å²) in [7, 11) is -4.03. The third-order valence-electron chi connectivity index (χ3n) is 1.29. The zero-order valence-corrected chi connectivity index (χ0v) is 11.0. The van der Waals surface area contributed by atoms with Gasteiger partial charge < -0.3 is 0 Å². The molecule has 18 heavy (non-hydrogen) atoms. The molecule has 0 heterocycles. The van der Waals surface area contributed by atoms with E-state index in [1.54, 1.807) is 19.1 Å². The normalized spacial score (nSPS) is 13.4. The molecule has 0 aliphatic heterocycles. The van der Waals surface area contributed by atoms with Crippen LogP contribution in [0.3, 0.4) is 0 Å². The summed E-state index contributed by atoms with van der Waals surface area (Å²) < 4.78 is 79.1. The van der Waals surface area contributed by atoms with Gasteiger partial charge in [0.05, 0.1) is 4.90 Å². The summed E-state index contributed by atoms with van der Waals surface area (Å²) >= 11 is -8.99. The van der Waals surface area contributed by atoms with Gasteiger partial charge in [0.25, 0.3) is 10.1 Å². The van der Waals surface area contributed by atoms with E-state index in [-0.39, 0.29) is 23.8 Å². The van der Waals surface area contributed by atoms with Gasteiger partial charge in [0, 0.05) is 0 Å². The molecule has 0 bridgehead atoms. The van der Waals surface area contributed by atoms with Crippen molar-refractivity contribution in [2.24, 2.45) is 0 Å². The maximum absolute atomic E-state index is 10.5. The fourth-order valence-corrected chi connectivity index (χ4v) is 1.36. The second kappa shape index (κ2) is 6.39. The van der Waals surface area contributed by atoms with Gasteiger partial charge in [0.2, 0.25) is 0 Å². The molecule has 0 spiro atoms. The molecule has 1 N–H and O–H groups in total. The van der Waals surface area contributed by atoms with E-state index in [0.29, 0.717) is 0 Å². The number of rotatable bonds is 1. The van der Waals surface area contributed by atoms with Gasteiger partial charge in [0.1, 0.15) is 0 Å². The summed E-state index contributed by atoms with van der Waals surface area (Å²) in [6.45, 7) is 1.76. The Morgan fingerprint density at radius 3 is 1.72 bits per heavy atom. The first-order valence-electron chi connectivity index (χ1n) is 3.89. The zero-order chi connectivity index (χ0) is 13.9. The van der Waals surface area contributed by atoms with Crippen molar-refractivity contribution in [3.8, 4) is 0 Å². The Balaban J connectivity index is 0. The standard InChI is InChI=1S/C7H8O3S.AsF5.Li.H/c1-6-3-2-4-7(5-6)11(8,9)10;2-1(3,4,5)6;;/h2-5H,1H3,(H,8,9,10);;;. The molecule has 1 rings (SSSR count). The number of hydrogen-bond acceptors (Lipinski definition) is 2. The Morgan fingerprint density at radius 2 is 1.50 bits per heavy atom. The van der Waals surface area contributed by atoms with Gasteiger partial charge in [-0.25, -0.2) is 0 Å². The van der Waals surface area contributed by atoms with E-state index in [0.717, 1.165) is 5.56 Å². The number of aryl methyl sites for hydroxylation is 1. The van der Waals surface area contributed by atoms with Crippen LogP contribution in [0.4, 0.5) is 17.3 Å². The average molecular weight is 350 g/mol. The molecule has 3 nitrogen and oxygen atoms in total. The second-order valence-electron chi connectivity index (χ2n) is 2.93. The molecule has 0 atom stereocenters. The van der Waals surface area contributed by atoms with E-state index in [2.05, 4.69) is 0 Å². The summed E-state index contributed by atoms with van der Waals surface area (Å²) in [6.07, 6.45) is 0. The first-order chi connectivity index (χ1) is 7.24. The van der Waals surface area contributed by atoms with E-state index in [1.807, 2.05) is 0 Å². The van der Waals surface area contributed by atoms with Crippen LogP contribution in [0.15, 0.2) is 29.2 Å². The van der Waals surface area contributed by atoms with Crippen molar-refractivity contribution < 1.29 is 30.3 Å². The molecule has 0 amide bonds. The third-order valence-corrected chi connectivity index (χ3v) is 2.14. The third kappa shape index (κ3) is 14.0. The van der Waals surface area contributed by atoms with Crippen LogP contribution >= 0.6 is 0 Å². The molecule has 11 heteroatoms. The van der Waals surface area contributed by atoms with Crippen LogP contribution in [0.5, 0.6) is 0 Å². The van der Waals surface area contributed by atoms with E-state index in [9.17, 15) is 25.8 Å². The number of benzene rings is 1. The Morgan fingerprint density at radius 1 is 1.11 bits per heavy atom. The Kier molecular flexibility index (Phi) is 7.20. The van der Waals surface area contributed by atoms with Crippen molar-refractivity contribution in [1.82, 2.24) is 0 Å². The topological polar surface area (TPSA) is 54.4 Å². The average Bonchev–Trinajstić information content (AvgIpc) is 1.97. The van der Waals surface area contributed by atoms with Crippen molar-refractivity contribution in [3.63, 3.8) is 0 Å². The fourth-order valence-electron chi connectivity index (χ4n) is 0.776. The molecule has 1 aromatic carbocycles. The van der Waals surface area contributed by atoms with Crippen molar-refractivity contribution in [2.45, 2.75) is 11.8 Å². The van der Waals surface area contributed by atoms with Crippen molar-refractivity contribution in [1.29, 1.82) is 0 Å². The summed E-state index contributed by atoms with van der Waals surface area (Å²) in [5.41, 5.74) is 0.806. The summed E-state index contributed by atoms with van der Waals surface area (Å²) in [5.74, 6) is 0. The van der Waals surface area contributed by atoms with Crippen LogP contribution in [0, 0.1) is 6.92 Å². The predicted molar refractivity (Wildman–Crippen MR) is 59.4 cm³/mol. The molecular formula is C7H9AsF5LiO3S. The quantitative estimate of drug-likeness (QED) is 0.481. The minimum atomic E-state index is -8.99. The Bertz CT molecular complexity index is 482. The van der Waals surface area contributed by atoms with Gasteiger partial charge in [-0.15, -0.1) is 0 Å². The second-order valence-corrected chi connectivity index (χ2v) is 7.03. The Labute approximate surface area is 115 Å². The van der Waals surface area contributed by atoms with Crippen LogP contribution in [0.2, 0.25) is 0 Å². The van der Waals surface area contributed by atoms with Gasteiger partial charge in [-0.3, -0.25) is 4.55 Å². The minimum absolute atomic E-state index is 0. The molecule has 0 aliphatic carbocycles. The molecule has 0 saturated heterocycles. The molecule has 0 radical (unpaired) electrons. The maximum atomic E-state index is 10.5. The molecular weight excluding hydrogens is 341 g/mol. The number of halogens is 5. The van der Waals surface area contributed by atoms with E-state index in [4.69, 9.17) is 4.55 Å². The van der Waals surface area contributed by atoms with E-state index < -0.39 is 24.9 Å². The molecule has 1 aromatic rings. The van der Waals surface area contributed by atoms with Crippen LogP contribution in [-0.2, 0) is 10.1 Å². The van der Waals surface area contributed by atoms with Gasteiger partial charge in [-0.05, 0) is 24.6 Å². The zero-order valence-electron chi connectivity index (χ0n) is 8.32. The molecule has 0 saturated carbocycles. The molecule has 102 valence electrons. The van der Waals surface area contributed by atoms with Crippen LogP contribution in [0.25, 0.3) is 0 Å². The van der Waals surface area contributed by atoms with E-state index in [1.165, 1.54) is 12.1 Å². The van der Waals surface area contributed by atoms with Crippen LogP contribution in [-0.4, -0.2) is 46.6 Å². The SMILES string of the molecule is Cc1cccc(S(=O)(=O)O)c1.F[As](F)(F)(F)F.[LiH]. The molecule has 0 fully saturated rings. The van der Waals surface area contributed by atoms with E-state index >= 15 is 0 Å². The number of hydrogen-bond donors (Lipinski definition) is 1. The van der Waals surface area contributed by atoms with Crippen molar-refractivity contribution >= 4 is 43.8 Å². The summed E-state index contributed by atoms with van der Waals surface area (Å²) in [4.78, 5) is -0.0579. The molecule has 0 aromatic heterocycles. The van der Waals surface area contributed by atoms with Gasteiger partial charge in [0.15, 0.2) is 0 Å². The van der Waals surface area contributed by atoms with Crippen LogP contribution < -0.4 is 0 Å². The van der Waals surface area contributed by atoms with Crippen molar-refractivity contribution in [2.75, 3.05) is 0 Å². The molecule has 0 aliphatic rings. The van der Waals surface area contributed by atoms with Crippen LogP contribution in [0.1, 0.15) is 5.56 Å². The monoisotopic (exact) mass is 350 g/mol. The predicted octanol–water partition coefficient (Wildman–Crippen LogP) is 2.31. The van der Waals surface area contributed by atoms with Gasteiger partial charge >= 0.3 is 51.0 Å². The molecule has 0 unspecified atom stereocenters.